The Bertz CT molecular complexity index is 733. The van der Waals surface area contributed by atoms with Crippen molar-refractivity contribution in [2.24, 2.45) is 0 Å². The van der Waals surface area contributed by atoms with Crippen LogP contribution < -0.4 is 0 Å². The van der Waals surface area contributed by atoms with Gasteiger partial charge < -0.3 is 0 Å². The average molecular weight is 280 g/mol. The van der Waals surface area contributed by atoms with Crippen LogP contribution in [0.15, 0.2) is 35.2 Å². The molecule has 0 aromatic heterocycles. The normalized spacial score (nSPS) is 11.1. The Morgan fingerprint density at radius 1 is 1.00 bits per heavy atom. The van der Waals surface area contributed by atoms with E-state index in [2.05, 4.69) is 45.0 Å². The highest BCUT2D eigenvalue weighted by molar-refractivity contribution is 8.00. The van der Waals surface area contributed by atoms with Crippen molar-refractivity contribution >= 4 is 22.5 Å². The molecule has 0 bridgehead atoms. The summed E-state index contributed by atoms with van der Waals surface area (Å²) in [5, 5.41) is 20.2. The van der Waals surface area contributed by atoms with Gasteiger partial charge in [0, 0.05) is 9.64 Å². The first-order chi connectivity index (χ1) is 9.49. The summed E-state index contributed by atoms with van der Waals surface area (Å²) >= 11 is 1.84. The molecule has 3 heteroatoms. The Morgan fingerprint density at radius 2 is 1.60 bits per heavy atom. The highest BCUT2D eigenvalue weighted by Gasteiger charge is 2.16. The quantitative estimate of drug-likeness (QED) is 0.754. The maximum atomic E-state index is 9.10. The van der Waals surface area contributed by atoms with Gasteiger partial charge in [0.05, 0.1) is 11.1 Å². The molecule has 0 saturated carbocycles. The number of benzene rings is 2. The minimum absolute atomic E-state index is 0.193. The zero-order chi connectivity index (χ0) is 14.8. The van der Waals surface area contributed by atoms with E-state index in [0.717, 1.165) is 17.2 Å². The fourth-order valence-corrected chi connectivity index (χ4v) is 3.02. The van der Waals surface area contributed by atoms with E-state index in [-0.39, 0.29) is 4.75 Å². The summed E-state index contributed by atoms with van der Waals surface area (Å²) < 4.78 is 0.193. The van der Waals surface area contributed by atoms with Crippen LogP contribution >= 0.6 is 11.8 Å². The number of hydrogen-bond donors (Lipinski definition) is 0. The van der Waals surface area contributed by atoms with Crippen LogP contribution in [0.25, 0.3) is 10.8 Å². The van der Waals surface area contributed by atoms with Crippen LogP contribution in [0.4, 0.5) is 0 Å². The third kappa shape index (κ3) is 2.95. The van der Waals surface area contributed by atoms with Crippen molar-refractivity contribution in [1.82, 2.24) is 0 Å². The molecule has 0 heterocycles. The highest BCUT2D eigenvalue weighted by atomic mass is 32.2. The topological polar surface area (TPSA) is 47.6 Å². The van der Waals surface area contributed by atoms with Gasteiger partial charge in [-0.15, -0.1) is 11.8 Å². The summed E-state index contributed by atoms with van der Waals surface area (Å²) in [6, 6.07) is 13.9. The number of fused-ring (bicyclic) bond motifs is 1. The zero-order valence-corrected chi connectivity index (χ0v) is 12.7. The van der Waals surface area contributed by atoms with Crippen LogP contribution in [0.2, 0.25) is 0 Å². The molecule has 0 spiro atoms. The summed E-state index contributed by atoms with van der Waals surface area (Å²) in [6.07, 6.45) is 1.09. The Hall–Kier alpha value is -1.97. The second kappa shape index (κ2) is 5.57. The van der Waals surface area contributed by atoms with Gasteiger partial charge in [-0.1, -0.05) is 26.8 Å². The molecule has 0 atom stereocenters. The van der Waals surface area contributed by atoms with Crippen LogP contribution in [-0.2, 0) is 0 Å². The van der Waals surface area contributed by atoms with E-state index in [1.54, 1.807) is 12.1 Å². The van der Waals surface area contributed by atoms with Crippen LogP contribution in [0.5, 0.6) is 0 Å². The lowest BCUT2D eigenvalue weighted by Gasteiger charge is -2.22. The molecule has 0 fully saturated rings. The van der Waals surface area contributed by atoms with Crippen molar-refractivity contribution in [3.8, 4) is 12.1 Å². The maximum absolute atomic E-state index is 9.10. The largest absolute Gasteiger partial charge is 0.192 e. The highest BCUT2D eigenvalue weighted by Crippen LogP contribution is 2.36. The smallest absolute Gasteiger partial charge is 0.101 e. The van der Waals surface area contributed by atoms with Gasteiger partial charge >= 0.3 is 0 Å². The van der Waals surface area contributed by atoms with E-state index in [1.807, 2.05) is 17.8 Å². The molecule has 20 heavy (non-hydrogen) atoms. The van der Waals surface area contributed by atoms with Gasteiger partial charge in [0.1, 0.15) is 12.1 Å². The monoisotopic (exact) mass is 280 g/mol. The van der Waals surface area contributed by atoms with Gasteiger partial charge in [-0.2, -0.15) is 10.5 Å². The van der Waals surface area contributed by atoms with Crippen molar-refractivity contribution in [3.63, 3.8) is 0 Å². The third-order valence-corrected chi connectivity index (χ3v) is 4.77. The SMILES string of the molecule is CCC(C)(C)Sc1ccc2cc(C#N)c(C#N)cc2c1. The van der Waals surface area contributed by atoms with Gasteiger partial charge in [-0.3, -0.25) is 0 Å². The molecule has 2 nitrogen and oxygen atoms in total. The fraction of sp³-hybridized carbons (Fsp3) is 0.294. The molecule has 2 aromatic carbocycles. The van der Waals surface area contributed by atoms with Crippen LogP contribution in [0.1, 0.15) is 38.3 Å². The van der Waals surface area contributed by atoms with Gasteiger partial charge in [0.25, 0.3) is 0 Å². The number of hydrogen-bond acceptors (Lipinski definition) is 3. The first-order valence-electron chi connectivity index (χ1n) is 6.56. The summed E-state index contributed by atoms with van der Waals surface area (Å²) in [5.74, 6) is 0. The van der Waals surface area contributed by atoms with Crippen LogP contribution in [-0.4, -0.2) is 4.75 Å². The molecular weight excluding hydrogens is 264 g/mol. The molecule has 0 amide bonds. The van der Waals surface area contributed by atoms with E-state index in [0.29, 0.717) is 11.1 Å². The maximum Gasteiger partial charge on any atom is 0.101 e. The van der Waals surface area contributed by atoms with Crippen molar-refractivity contribution in [2.75, 3.05) is 0 Å². The van der Waals surface area contributed by atoms with Gasteiger partial charge in [-0.25, -0.2) is 0 Å². The van der Waals surface area contributed by atoms with E-state index in [9.17, 15) is 0 Å². The molecule has 2 rings (SSSR count). The molecule has 0 radical (unpaired) electrons. The second-order valence-electron chi connectivity index (χ2n) is 5.35. The summed E-state index contributed by atoms with van der Waals surface area (Å²) in [4.78, 5) is 1.19. The summed E-state index contributed by atoms with van der Waals surface area (Å²) in [6.45, 7) is 6.63. The van der Waals surface area contributed by atoms with Crippen LogP contribution in [0, 0.1) is 22.7 Å². The molecule has 0 aliphatic rings. The molecule has 0 aliphatic heterocycles. The van der Waals surface area contributed by atoms with Gasteiger partial charge in [-0.05, 0) is 41.5 Å². The lowest BCUT2D eigenvalue weighted by atomic mass is 10.0. The van der Waals surface area contributed by atoms with Crippen LogP contribution in [0.3, 0.4) is 0 Å². The predicted molar refractivity (Wildman–Crippen MR) is 83.6 cm³/mol. The molecular formula is C17H16N2S. The number of rotatable bonds is 3. The fourth-order valence-electron chi connectivity index (χ4n) is 1.92. The average Bonchev–Trinajstić information content (AvgIpc) is 2.45. The standard InChI is InChI=1S/C17H16N2S/c1-4-17(2,3)20-16-6-5-12-7-14(10-18)15(11-19)8-13(12)9-16/h5-9H,4H2,1-3H3. The molecule has 100 valence electrons. The molecule has 0 aliphatic carbocycles. The predicted octanol–water partition coefficient (Wildman–Crippen LogP) is 4.86. The minimum atomic E-state index is 0.193. The molecule has 0 saturated heterocycles. The van der Waals surface area contributed by atoms with Crippen molar-refractivity contribution in [3.05, 3.63) is 41.5 Å². The summed E-state index contributed by atoms with van der Waals surface area (Å²) in [5.41, 5.74) is 0.881. The van der Waals surface area contributed by atoms with Crippen molar-refractivity contribution < 1.29 is 0 Å². The second-order valence-corrected chi connectivity index (χ2v) is 7.13. The third-order valence-electron chi connectivity index (χ3n) is 3.43. The number of nitriles is 2. The minimum Gasteiger partial charge on any atom is -0.192 e. The van der Waals surface area contributed by atoms with E-state index >= 15 is 0 Å². The molecule has 0 N–H and O–H groups in total. The Balaban J connectivity index is 2.50. The Kier molecular flexibility index (Phi) is 4.02. The zero-order valence-electron chi connectivity index (χ0n) is 11.9. The lowest BCUT2D eigenvalue weighted by molar-refractivity contribution is 0.685. The van der Waals surface area contributed by atoms with Gasteiger partial charge in [0.2, 0.25) is 0 Å². The van der Waals surface area contributed by atoms with E-state index in [1.165, 1.54) is 4.90 Å². The van der Waals surface area contributed by atoms with Crippen molar-refractivity contribution in [1.29, 1.82) is 10.5 Å². The van der Waals surface area contributed by atoms with E-state index < -0.39 is 0 Å². The van der Waals surface area contributed by atoms with Gasteiger partial charge in [0.15, 0.2) is 0 Å². The van der Waals surface area contributed by atoms with E-state index in [4.69, 9.17) is 10.5 Å². The Morgan fingerprint density at radius 3 is 2.15 bits per heavy atom. The number of thioether (sulfide) groups is 1. The molecule has 0 unspecified atom stereocenters. The lowest BCUT2D eigenvalue weighted by Crippen LogP contribution is -2.11. The van der Waals surface area contributed by atoms with Crippen molar-refractivity contribution in [2.45, 2.75) is 36.8 Å². The first-order valence-corrected chi connectivity index (χ1v) is 7.38. The first kappa shape index (κ1) is 14.4. The molecule has 2 aromatic rings. The summed E-state index contributed by atoms with van der Waals surface area (Å²) in [7, 11) is 0. The Labute approximate surface area is 124 Å². The number of nitrogens with zero attached hydrogens (tertiary/aromatic N) is 2.